The third kappa shape index (κ3) is 6.99. The Balaban J connectivity index is 1.94. The van der Waals surface area contributed by atoms with Crippen molar-refractivity contribution in [3.63, 3.8) is 0 Å². The van der Waals surface area contributed by atoms with Crippen molar-refractivity contribution >= 4 is 23.6 Å². The van der Waals surface area contributed by atoms with Gasteiger partial charge in [0.15, 0.2) is 0 Å². The molecule has 8 nitrogen and oxygen atoms in total. The lowest BCUT2D eigenvalue weighted by atomic mass is 9.81. The molecule has 0 saturated carbocycles. The maximum atomic E-state index is 12.8. The Morgan fingerprint density at radius 2 is 2.06 bits per heavy atom. The number of esters is 1. The quantitative estimate of drug-likeness (QED) is 0.638. The number of carbonyl (C=O) groups is 3. The maximum absolute atomic E-state index is 12.8. The van der Waals surface area contributed by atoms with Gasteiger partial charge in [-0.1, -0.05) is 19.4 Å². The molecule has 1 aromatic rings. The molecule has 1 N–H and O–H groups in total. The largest absolute Gasteiger partial charge is 0.462 e. The average Bonchev–Trinajstić information content (AvgIpc) is 2.77. The number of anilines is 1. The van der Waals surface area contributed by atoms with Gasteiger partial charge in [-0.25, -0.2) is 9.59 Å². The van der Waals surface area contributed by atoms with E-state index in [1.807, 2.05) is 0 Å². The lowest BCUT2D eigenvalue weighted by molar-refractivity contribution is -0.131. The Kier molecular flexibility index (Phi) is 9.32. The van der Waals surface area contributed by atoms with E-state index in [1.54, 1.807) is 48.0 Å². The van der Waals surface area contributed by atoms with Crippen molar-refractivity contribution in [2.75, 3.05) is 38.6 Å². The lowest BCUT2D eigenvalue weighted by Crippen LogP contribution is -2.46. The van der Waals surface area contributed by atoms with Gasteiger partial charge in [-0.05, 0) is 43.4 Å². The van der Waals surface area contributed by atoms with Crippen LogP contribution in [0.15, 0.2) is 24.3 Å². The molecule has 3 amide bonds. The van der Waals surface area contributed by atoms with Crippen LogP contribution in [0.4, 0.5) is 10.5 Å². The van der Waals surface area contributed by atoms with Crippen molar-refractivity contribution in [1.82, 2.24) is 9.80 Å². The normalized spacial score (nSPS) is 18.1. The molecule has 1 aliphatic rings. The van der Waals surface area contributed by atoms with Crippen molar-refractivity contribution in [1.29, 1.82) is 5.26 Å². The van der Waals surface area contributed by atoms with E-state index in [-0.39, 0.29) is 23.8 Å². The fourth-order valence-corrected chi connectivity index (χ4v) is 3.86. The van der Waals surface area contributed by atoms with Gasteiger partial charge in [0, 0.05) is 38.8 Å². The smallest absolute Gasteiger partial charge is 0.338 e. The highest BCUT2D eigenvalue weighted by atomic mass is 16.5. The minimum atomic E-state index is -0.421. The number of benzene rings is 1. The van der Waals surface area contributed by atoms with Crippen molar-refractivity contribution < 1.29 is 19.1 Å². The number of hydrogen-bond donors (Lipinski definition) is 1. The first kappa shape index (κ1) is 24.2. The number of hydrogen-bond acceptors (Lipinski definition) is 5. The molecule has 0 unspecified atom stereocenters. The monoisotopic (exact) mass is 428 g/mol. The van der Waals surface area contributed by atoms with E-state index in [9.17, 15) is 14.4 Å². The molecule has 0 spiro atoms. The fourth-order valence-electron chi connectivity index (χ4n) is 3.86. The molecule has 2 rings (SSSR count). The van der Waals surface area contributed by atoms with Crippen LogP contribution in [-0.2, 0) is 9.53 Å². The number of piperidine rings is 1. The number of nitrogens with one attached hydrogen (secondary N) is 1. The summed E-state index contributed by atoms with van der Waals surface area (Å²) in [6.07, 6.45) is 2.40. The zero-order valence-electron chi connectivity index (χ0n) is 18.6. The summed E-state index contributed by atoms with van der Waals surface area (Å²) in [5.41, 5.74) is 0.934. The number of ether oxygens (including phenoxy) is 1. The van der Waals surface area contributed by atoms with Gasteiger partial charge in [0.05, 0.1) is 24.7 Å². The van der Waals surface area contributed by atoms with Crippen molar-refractivity contribution in [3.05, 3.63) is 29.8 Å². The number of likely N-dealkylation sites (tertiary alicyclic amines) is 1. The first-order chi connectivity index (χ1) is 14.9. The molecule has 1 aromatic carbocycles. The van der Waals surface area contributed by atoms with Crippen molar-refractivity contribution in [2.24, 2.45) is 11.8 Å². The number of urea groups is 1. The summed E-state index contributed by atoms with van der Waals surface area (Å²) in [5, 5.41) is 11.6. The number of amides is 3. The van der Waals surface area contributed by atoms with E-state index >= 15 is 0 Å². The summed E-state index contributed by atoms with van der Waals surface area (Å²) >= 11 is 0. The van der Waals surface area contributed by atoms with Gasteiger partial charge in [0.2, 0.25) is 5.91 Å². The molecule has 168 valence electrons. The van der Waals surface area contributed by atoms with E-state index in [0.29, 0.717) is 50.3 Å². The Labute approximate surface area is 184 Å². The van der Waals surface area contributed by atoms with E-state index in [4.69, 9.17) is 10.00 Å². The van der Waals surface area contributed by atoms with E-state index in [0.717, 1.165) is 12.8 Å². The van der Waals surface area contributed by atoms with Crippen LogP contribution in [0.1, 0.15) is 49.9 Å². The predicted molar refractivity (Wildman–Crippen MR) is 117 cm³/mol. The van der Waals surface area contributed by atoms with Gasteiger partial charge in [0.25, 0.3) is 0 Å². The van der Waals surface area contributed by atoms with E-state index < -0.39 is 5.97 Å². The van der Waals surface area contributed by atoms with Gasteiger partial charge < -0.3 is 19.9 Å². The minimum absolute atomic E-state index is 0.0485. The second-order valence-electron chi connectivity index (χ2n) is 7.82. The molecule has 2 atom stereocenters. The molecule has 1 fully saturated rings. The molecule has 8 heteroatoms. The summed E-state index contributed by atoms with van der Waals surface area (Å²) in [5.74, 6) is 0.0826. The highest BCUT2D eigenvalue weighted by Gasteiger charge is 2.32. The van der Waals surface area contributed by atoms with Crippen LogP contribution in [-0.4, -0.2) is 61.0 Å². The molecule has 0 radical (unpaired) electrons. The third-order valence-electron chi connectivity index (χ3n) is 5.75. The molecule has 0 bridgehead atoms. The molecule has 0 aliphatic carbocycles. The lowest BCUT2D eigenvalue weighted by Gasteiger charge is -2.38. The predicted octanol–water partition coefficient (Wildman–Crippen LogP) is 3.51. The Hall–Kier alpha value is -3.08. The third-order valence-corrected chi connectivity index (χ3v) is 5.75. The Morgan fingerprint density at radius 3 is 2.74 bits per heavy atom. The zero-order chi connectivity index (χ0) is 22.8. The van der Waals surface area contributed by atoms with Gasteiger partial charge in [-0.3, -0.25) is 4.79 Å². The van der Waals surface area contributed by atoms with Gasteiger partial charge >= 0.3 is 12.0 Å². The van der Waals surface area contributed by atoms with Crippen LogP contribution in [0, 0.1) is 23.2 Å². The van der Waals surface area contributed by atoms with Crippen LogP contribution >= 0.6 is 0 Å². The summed E-state index contributed by atoms with van der Waals surface area (Å²) < 4.78 is 5.01. The van der Waals surface area contributed by atoms with Crippen LogP contribution in [0.25, 0.3) is 0 Å². The topological polar surface area (TPSA) is 103 Å². The van der Waals surface area contributed by atoms with Crippen molar-refractivity contribution in [2.45, 2.75) is 39.5 Å². The van der Waals surface area contributed by atoms with Gasteiger partial charge in [-0.15, -0.1) is 0 Å². The molecule has 0 aromatic heterocycles. The first-order valence-corrected chi connectivity index (χ1v) is 10.8. The molecule has 1 heterocycles. The van der Waals surface area contributed by atoms with Crippen LogP contribution < -0.4 is 5.32 Å². The molecule has 1 aliphatic heterocycles. The van der Waals surface area contributed by atoms with Crippen molar-refractivity contribution in [3.8, 4) is 6.07 Å². The Morgan fingerprint density at radius 1 is 1.29 bits per heavy atom. The van der Waals surface area contributed by atoms with Crippen LogP contribution in [0.3, 0.4) is 0 Å². The molecule has 31 heavy (non-hydrogen) atoms. The maximum Gasteiger partial charge on any atom is 0.338 e. The summed E-state index contributed by atoms with van der Waals surface area (Å²) in [6.45, 7) is 5.71. The summed E-state index contributed by atoms with van der Waals surface area (Å²) in [6, 6.07) is 8.55. The minimum Gasteiger partial charge on any atom is -0.462 e. The summed E-state index contributed by atoms with van der Waals surface area (Å²) in [7, 11) is 1.73. The van der Waals surface area contributed by atoms with Crippen LogP contribution in [0.5, 0.6) is 0 Å². The number of nitriles is 1. The van der Waals surface area contributed by atoms with E-state index in [1.165, 1.54) is 0 Å². The highest BCUT2D eigenvalue weighted by molar-refractivity contribution is 5.94. The fraction of sp³-hybridized carbons (Fsp3) is 0.565. The van der Waals surface area contributed by atoms with Gasteiger partial charge in [-0.2, -0.15) is 5.26 Å². The number of nitrogens with zero attached hydrogens (tertiary/aromatic N) is 3. The van der Waals surface area contributed by atoms with Gasteiger partial charge in [0.1, 0.15) is 0 Å². The number of rotatable bonds is 8. The summed E-state index contributed by atoms with van der Waals surface area (Å²) in [4.78, 5) is 40.5. The second kappa shape index (κ2) is 11.9. The molecule has 1 saturated heterocycles. The second-order valence-corrected chi connectivity index (χ2v) is 7.82. The van der Waals surface area contributed by atoms with Crippen LogP contribution in [0.2, 0.25) is 0 Å². The average molecular weight is 429 g/mol. The number of carbonyl (C=O) groups excluding carboxylic acids is 3. The van der Waals surface area contributed by atoms with E-state index in [2.05, 4.69) is 18.3 Å². The first-order valence-electron chi connectivity index (χ1n) is 10.8. The Bertz CT molecular complexity index is 820. The molecular weight excluding hydrogens is 396 g/mol. The highest BCUT2D eigenvalue weighted by Crippen LogP contribution is 2.30. The zero-order valence-corrected chi connectivity index (χ0v) is 18.6. The standard InChI is InChI=1S/C23H32N4O4/c1-4-17-16-27(13-10-18(17)15-21(28)26(3)12-7-11-24)23(30)25-20-9-6-8-19(14-20)22(29)31-5-2/h6,8-9,14,17-18H,4-5,7,10,12-13,15-16H2,1-3H3,(H,25,30)/t17-,18+/m1/s1. The SMILES string of the molecule is CCOC(=O)c1cccc(NC(=O)N2CC[C@@H](CC(=O)N(C)CCC#N)[C@H](CC)C2)c1. The molecular formula is C23H32N4O4.